The van der Waals surface area contributed by atoms with Crippen LogP contribution in [0, 0.1) is 11.3 Å². The lowest BCUT2D eigenvalue weighted by Crippen LogP contribution is -2.44. The smallest absolute Gasteiger partial charge is 0.246 e. The highest BCUT2D eigenvalue weighted by atomic mass is 16.5. The second-order valence-corrected chi connectivity index (χ2v) is 7.97. The van der Waals surface area contributed by atoms with Crippen molar-refractivity contribution in [3.63, 3.8) is 0 Å². The molecular formula is C22H28N6O2. The van der Waals surface area contributed by atoms with Crippen molar-refractivity contribution >= 4 is 22.8 Å². The number of carbonyl (C=O) groups is 1. The minimum Gasteiger partial charge on any atom is -0.374 e. The molecule has 0 spiro atoms. The van der Waals surface area contributed by atoms with Gasteiger partial charge in [-0.05, 0) is 44.1 Å². The summed E-state index contributed by atoms with van der Waals surface area (Å²) in [5, 5.41) is 13.4. The van der Waals surface area contributed by atoms with Crippen LogP contribution in [0.25, 0.3) is 11.0 Å². The van der Waals surface area contributed by atoms with Crippen molar-refractivity contribution in [2.45, 2.75) is 57.1 Å². The summed E-state index contributed by atoms with van der Waals surface area (Å²) in [6, 6.07) is 2.31. The first kappa shape index (κ1) is 20.4. The molecule has 3 heterocycles. The maximum atomic E-state index is 12.6. The van der Waals surface area contributed by atoms with Crippen LogP contribution in [0.5, 0.6) is 0 Å². The number of hydrogen-bond acceptors (Lipinski definition) is 6. The van der Waals surface area contributed by atoms with E-state index in [1.165, 1.54) is 12.7 Å². The third kappa shape index (κ3) is 4.79. The van der Waals surface area contributed by atoms with E-state index >= 15 is 0 Å². The summed E-state index contributed by atoms with van der Waals surface area (Å²) in [7, 11) is 0. The molecule has 2 aromatic heterocycles. The van der Waals surface area contributed by atoms with Gasteiger partial charge in [0.1, 0.15) is 17.8 Å². The summed E-state index contributed by atoms with van der Waals surface area (Å²) in [4.78, 5) is 26.3. The van der Waals surface area contributed by atoms with Gasteiger partial charge in [0.05, 0.1) is 24.2 Å². The summed E-state index contributed by atoms with van der Waals surface area (Å²) < 4.78 is 5.68. The van der Waals surface area contributed by atoms with Gasteiger partial charge >= 0.3 is 0 Å². The average Bonchev–Trinajstić information content (AvgIpc) is 3.15. The lowest BCUT2D eigenvalue weighted by molar-refractivity contribution is -0.127. The van der Waals surface area contributed by atoms with Gasteiger partial charge < -0.3 is 19.9 Å². The number of aromatic nitrogens is 3. The van der Waals surface area contributed by atoms with Crippen LogP contribution in [0.15, 0.2) is 24.7 Å². The number of aryl methyl sites for hydroxylation is 1. The Balaban J connectivity index is 1.36. The largest absolute Gasteiger partial charge is 0.374 e. The van der Waals surface area contributed by atoms with E-state index in [9.17, 15) is 4.79 Å². The monoisotopic (exact) mass is 408 g/mol. The topological polar surface area (TPSA) is 107 Å². The number of anilines is 1. The number of carbonyl (C=O) groups excluding carboxylic acids is 1. The molecule has 1 amide bonds. The quantitative estimate of drug-likeness (QED) is 0.651. The zero-order valence-electron chi connectivity index (χ0n) is 17.1. The SMILES string of the molecule is N#CCCc1c[nH]c2ncnc(N[C@@H]3CCCN(C(=O)/C=C/COC4CCC4)C3)c12. The first-order valence-electron chi connectivity index (χ1n) is 10.8. The number of likely N-dealkylation sites (tertiary alicyclic amines) is 1. The van der Waals surface area contributed by atoms with Crippen LogP contribution in [-0.4, -0.2) is 57.6 Å². The summed E-state index contributed by atoms with van der Waals surface area (Å²) in [5.41, 5.74) is 1.80. The summed E-state index contributed by atoms with van der Waals surface area (Å²) in [6.07, 6.45) is 13.8. The molecule has 0 aromatic carbocycles. The fourth-order valence-electron chi connectivity index (χ4n) is 4.00. The van der Waals surface area contributed by atoms with Crippen LogP contribution >= 0.6 is 0 Å². The summed E-state index contributed by atoms with van der Waals surface area (Å²) in [6.45, 7) is 1.90. The molecule has 0 unspecified atom stereocenters. The Labute approximate surface area is 176 Å². The normalized spacial score (nSPS) is 19.7. The van der Waals surface area contributed by atoms with Gasteiger partial charge in [0, 0.05) is 37.8 Å². The predicted molar refractivity (Wildman–Crippen MR) is 114 cm³/mol. The van der Waals surface area contributed by atoms with Crippen molar-refractivity contribution in [1.29, 1.82) is 5.26 Å². The number of nitrogens with zero attached hydrogens (tertiary/aromatic N) is 4. The van der Waals surface area contributed by atoms with E-state index in [1.807, 2.05) is 17.2 Å². The van der Waals surface area contributed by atoms with E-state index in [2.05, 4.69) is 26.3 Å². The average molecular weight is 409 g/mol. The number of H-pyrrole nitrogens is 1. The lowest BCUT2D eigenvalue weighted by atomic mass is 9.96. The van der Waals surface area contributed by atoms with Crippen LogP contribution in [-0.2, 0) is 16.0 Å². The number of amides is 1. The van der Waals surface area contributed by atoms with E-state index in [0.717, 1.165) is 54.6 Å². The van der Waals surface area contributed by atoms with E-state index < -0.39 is 0 Å². The minimum atomic E-state index is 0.0305. The molecule has 1 aliphatic carbocycles. The molecule has 30 heavy (non-hydrogen) atoms. The highest BCUT2D eigenvalue weighted by Gasteiger charge is 2.24. The fourth-order valence-corrected chi connectivity index (χ4v) is 4.00. The number of rotatable bonds is 8. The highest BCUT2D eigenvalue weighted by Crippen LogP contribution is 2.26. The van der Waals surface area contributed by atoms with Gasteiger partial charge in [-0.15, -0.1) is 0 Å². The molecule has 2 N–H and O–H groups in total. The molecule has 0 radical (unpaired) electrons. The van der Waals surface area contributed by atoms with Crippen molar-refractivity contribution in [3.8, 4) is 6.07 Å². The van der Waals surface area contributed by atoms with Crippen molar-refractivity contribution in [2.75, 3.05) is 25.0 Å². The molecule has 1 saturated heterocycles. The molecular weight excluding hydrogens is 380 g/mol. The molecule has 158 valence electrons. The van der Waals surface area contributed by atoms with Crippen molar-refractivity contribution in [1.82, 2.24) is 19.9 Å². The molecule has 0 bridgehead atoms. The van der Waals surface area contributed by atoms with Gasteiger partial charge in [-0.1, -0.05) is 6.08 Å². The van der Waals surface area contributed by atoms with Gasteiger partial charge in [0.15, 0.2) is 0 Å². The third-order valence-electron chi connectivity index (χ3n) is 5.87. The maximum Gasteiger partial charge on any atom is 0.246 e. The standard InChI is InChI=1S/C22H28N6O2/c23-10-2-5-16-13-24-21-20(16)22(26-15-25-21)27-17-6-3-11-28(14-17)19(29)9-4-12-30-18-7-1-8-18/h4,9,13,15,17-18H,1-3,5-8,11-12,14H2,(H2,24,25,26,27)/b9-4+/t17-/m1/s1. The molecule has 8 nitrogen and oxygen atoms in total. The Morgan fingerprint density at radius 1 is 1.37 bits per heavy atom. The van der Waals surface area contributed by atoms with Crippen LogP contribution < -0.4 is 5.32 Å². The Morgan fingerprint density at radius 2 is 2.27 bits per heavy atom. The van der Waals surface area contributed by atoms with E-state index in [1.54, 1.807) is 6.08 Å². The highest BCUT2D eigenvalue weighted by molar-refractivity contribution is 5.90. The minimum absolute atomic E-state index is 0.0305. The molecule has 2 aliphatic rings. The van der Waals surface area contributed by atoms with Crippen molar-refractivity contribution in [2.24, 2.45) is 0 Å². The van der Waals surface area contributed by atoms with Gasteiger partial charge in [0.25, 0.3) is 0 Å². The van der Waals surface area contributed by atoms with Crippen LogP contribution in [0.4, 0.5) is 5.82 Å². The Kier molecular flexibility index (Phi) is 6.60. The van der Waals surface area contributed by atoms with Gasteiger partial charge in [-0.25, -0.2) is 9.97 Å². The Morgan fingerprint density at radius 3 is 3.07 bits per heavy atom. The molecule has 4 rings (SSSR count). The van der Waals surface area contributed by atoms with E-state index in [-0.39, 0.29) is 11.9 Å². The second kappa shape index (κ2) is 9.72. The van der Waals surface area contributed by atoms with E-state index in [4.69, 9.17) is 10.00 Å². The number of ether oxygens (including phenoxy) is 1. The first-order valence-corrected chi connectivity index (χ1v) is 10.8. The predicted octanol–water partition coefficient (Wildman–Crippen LogP) is 2.94. The maximum absolute atomic E-state index is 12.6. The number of piperidine rings is 1. The molecule has 2 aromatic rings. The zero-order valence-corrected chi connectivity index (χ0v) is 17.1. The van der Waals surface area contributed by atoms with Crippen LogP contribution in [0.1, 0.15) is 44.1 Å². The zero-order chi connectivity index (χ0) is 20.8. The lowest BCUT2D eigenvalue weighted by Gasteiger charge is -2.33. The van der Waals surface area contributed by atoms with Gasteiger partial charge in [-0.3, -0.25) is 4.79 Å². The second-order valence-electron chi connectivity index (χ2n) is 7.97. The van der Waals surface area contributed by atoms with Gasteiger partial charge in [-0.2, -0.15) is 5.26 Å². The first-order chi connectivity index (χ1) is 14.7. The molecule has 8 heteroatoms. The third-order valence-corrected chi connectivity index (χ3v) is 5.87. The summed E-state index contributed by atoms with van der Waals surface area (Å²) in [5.74, 6) is 0.792. The molecule has 1 saturated carbocycles. The number of nitriles is 1. The van der Waals surface area contributed by atoms with Crippen molar-refractivity contribution in [3.05, 3.63) is 30.2 Å². The number of hydrogen-bond donors (Lipinski definition) is 2. The van der Waals surface area contributed by atoms with E-state index in [0.29, 0.717) is 32.1 Å². The van der Waals surface area contributed by atoms with Crippen LogP contribution in [0.2, 0.25) is 0 Å². The molecule has 1 atom stereocenters. The Hall–Kier alpha value is -2.92. The Bertz CT molecular complexity index is 943. The van der Waals surface area contributed by atoms with Crippen molar-refractivity contribution < 1.29 is 9.53 Å². The van der Waals surface area contributed by atoms with Gasteiger partial charge in [0.2, 0.25) is 5.91 Å². The molecule has 2 fully saturated rings. The number of nitrogens with one attached hydrogen (secondary N) is 2. The summed E-state index contributed by atoms with van der Waals surface area (Å²) >= 11 is 0. The number of aromatic amines is 1. The van der Waals surface area contributed by atoms with Crippen LogP contribution in [0.3, 0.4) is 0 Å². The fraction of sp³-hybridized carbons (Fsp3) is 0.545. The molecule has 1 aliphatic heterocycles. The number of fused-ring (bicyclic) bond motifs is 1.